The minimum Gasteiger partial charge on any atom is -0.349 e. The maximum absolute atomic E-state index is 4.22. The summed E-state index contributed by atoms with van der Waals surface area (Å²) in [6.45, 7) is 3.13. The van der Waals surface area contributed by atoms with Crippen molar-refractivity contribution in [1.29, 1.82) is 0 Å². The Hall–Kier alpha value is -1.13. The van der Waals surface area contributed by atoms with Gasteiger partial charge in [-0.25, -0.2) is 4.98 Å². The molecule has 96 valence electrons. The number of hydrogen-bond donors (Lipinski definition) is 2. The summed E-state index contributed by atoms with van der Waals surface area (Å²) in [6, 6.07) is 8.92. The van der Waals surface area contributed by atoms with E-state index in [1.165, 1.54) is 5.56 Å². The summed E-state index contributed by atoms with van der Waals surface area (Å²) in [5, 5.41) is 3.57. The highest BCUT2D eigenvalue weighted by atomic mass is 79.9. The first kappa shape index (κ1) is 13.3. The van der Waals surface area contributed by atoms with Gasteiger partial charge in [0.05, 0.1) is 0 Å². The van der Waals surface area contributed by atoms with Crippen LogP contribution in [0.3, 0.4) is 0 Å². The van der Waals surface area contributed by atoms with Crippen LogP contribution in [0.15, 0.2) is 41.1 Å². The van der Waals surface area contributed by atoms with Crippen LogP contribution in [-0.2, 0) is 6.42 Å². The summed E-state index contributed by atoms with van der Waals surface area (Å²) in [4.78, 5) is 7.34. The Balaban J connectivity index is 1.87. The maximum atomic E-state index is 4.22. The number of hydrogen-bond acceptors (Lipinski definition) is 2. The normalized spacial score (nSPS) is 12.6. The van der Waals surface area contributed by atoms with Crippen molar-refractivity contribution in [3.05, 3.63) is 52.5 Å². The third kappa shape index (κ3) is 3.68. The molecule has 1 aromatic heterocycles. The first-order valence-corrected chi connectivity index (χ1v) is 7.06. The molecule has 0 radical (unpaired) electrons. The molecule has 0 amide bonds. The summed E-state index contributed by atoms with van der Waals surface area (Å²) in [5.74, 6) is 1.04. The zero-order chi connectivity index (χ0) is 12.8. The smallest absolute Gasteiger partial charge is 0.107 e. The van der Waals surface area contributed by atoms with Gasteiger partial charge in [0.25, 0.3) is 0 Å². The molecule has 2 N–H and O–H groups in total. The average molecular weight is 308 g/mol. The van der Waals surface area contributed by atoms with Gasteiger partial charge in [0.1, 0.15) is 5.82 Å². The van der Waals surface area contributed by atoms with Gasteiger partial charge in [-0.2, -0.15) is 0 Å². The highest BCUT2D eigenvalue weighted by Crippen LogP contribution is 2.19. The van der Waals surface area contributed by atoms with Crippen LogP contribution in [0, 0.1) is 0 Å². The Morgan fingerprint density at radius 3 is 2.72 bits per heavy atom. The van der Waals surface area contributed by atoms with Crippen molar-refractivity contribution in [2.45, 2.75) is 25.8 Å². The van der Waals surface area contributed by atoms with E-state index in [1.807, 2.05) is 6.20 Å². The van der Waals surface area contributed by atoms with E-state index >= 15 is 0 Å². The number of rotatable bonds is 6. The minimum atomic E-state index is 0.410. The van der Waals surface area contributed by atoms with E-state index in [9.17, 15) is 0 Å². The Morgan fingerprint density at radius 1 is 1.33 bits per heavy atom. The number of aromatic amines is 1. The number of benzene rings is 1. The van der Waals surface area contributed by atoms with Crippen molar-refractivity contribution >= 4 is 15.9 Å². The highest BCUT2D eigenvalue weighted by molar-refractivity contribution is 9.10. The Bertz CT molecular complexity index is 450. The summed E-state index contributed by atoms with van der Waals surface area (Å²) in [5.41, 5.74) is 1.33. The molecule has 2 aromatic rings. The lowest BCUT2D eigenvalue weighted by Gasteiger charge is -2.17. The van der Waals surface area contributed by atoms with Crippen LogP contribution < -0.4 is 5.32 Å². The molecule has 2 rings (SSSR count). The van der Waals surface area contributed by atoms with Crippen molar-refractivity contribution in [2.24, 2.45) is 0 Å². The topological polar surface area (TPSA) is 40.7 Å². The molecule has 1 unspecified atom stereocenters. The molecular formula is C14H18BrN3. The van der Waals surface area contributed by atoms with Crippen LogP contribution in [0.1, 0.15) is 30.8 Å². The molecule has 18 heavy (non-hydrogen) atoms. The fraction of sp³-hybridized carbons (Fsp3) is 0.357. The summed E-state index contributed by atoms with van der Waals surface area (Å²) in [6.07, 6.45) is 5.67. The van der Waals surface area contributed by atoms with Gasteiger partial charge in [0, 0.05) is 35.9 Å². The lowest BCUT2D eigenvalue weighted by molar-refractivity contribution is 0.519. The third-order valence-electron chi connectivity index (χ3n) is 2.99. The van der Waals surface area contributed by atoms with Gasteiger partial charge in [0.15, 0.2) is 0 Å². The van der Waals surface area contributed by atoms with Crippen molar-refractivity contribution in [1.82, 2.24) is 15.3 Å². The van der Waals surface area contributed by atoms with Gasteiger partial charge >= 0.3 is 0 Å². The molecule has 0 saturated heterocycles. The van der Waals surface area contributed by atoms with Gasteiger partial charge in [-0.3, -0.25) is 0 Å². The maximum Gasteiger partial charge on any atom is 0.107 e. The molecule has 1 aromatic carbocycles. The summed E-state index contributed by atoms with van der Waals surface area (Å²) < 4.78 is 1.12. The number of nitrogens with zero attached hydrogens (tertiary/aromatic N) is 1. The van der Waals surface area contributed by atoms with E-state index in [2.05, 4.69) is 62.4 Å². The molecule has 1 heterocycles. The Labute approximate surface area is 116 Å². The van der Waals surface area contributed by atoms with Crippen LogP contribution in [0.25, 0.3) is 0 Å². The van der Waals surface area contributed by atoms with Crippen molar-refractivity contribution in [2.75, 3.05) is 6.54 Å². The number of halogens is 1. The van der Waals surface area contributed by atoms with Gasteiger partial charge in [0.2, 0.25) is 0 Å². The fourth-order valence-electron chi connectivity index (χ4n) is 1.99. The number of nitrogens with one attached hydrogen (secondary N) is 2. The van der Waals surface area contributed by atoms with Crippen LogP contribution in [0.2, 0.25) is 0 Å². The molecule has 3 nitrogen and oxygen atoms in total. The number of aromatic nitrogens is 2. The quantitative estimate of drug-likeness (QED) is 0.858. The second kappa shape index (κ2) is 6.71. The third-order valence-corrected chi connectivity index (χ3v) is 3.52. The van der Waals surface area contributed by atoms with E-state index < -0.39 is 0 Å². The van der Waals surface area contributed by atoms with E-state index in [1.54, 1.807) is 6.20 Å². The van der Waals surface area contributed by atoms with Crippen molar-refractivity contribution in [3.63, 3.8) is 0 Å². The van der Waals surface area contributed by atoms with Gasteiger partial charge in [-0.05, 0) is 24.1 Å². The standard InChI is InChI=1S/C14H18BrN3/c1-2-13(11-3-5-12(15)6-4-11)16-8-7-14-17-9-10-18-14/h3-6,9-10,13,16H,2,7-8H2,1H3,(H,17,18). The first-order chi connectivity index (χ1) is 8.79. The van der Waals surface area contributed by atoms with Crippen molar-refractivity contribution in [3.8, 4) is 0 Å². The molecule has 0 saturated carbocycles. The van der Waals surface area contributed by atoms with Crippen LogP contribution in [-0.4, -0.2) is 16.5 Å². The first-order valence-electron chi connectivity index (χ1n) is 6.26. The predicted octanol–water partition coefficient (Wildman–Crippen LogP) is 3.46. The molecule has 0 aliphatic rings. The fourth-order valence-corrected chi connectivity index (χ4v) is 2.26. The van der Waals surface area contributed by atoms with E-state index in [0.29, 0.717) is 6.04 Å². The molecule has 0 spiro atoms. The molecule has 4 heteroatoms. The Morgan fingerprint density at radius 2 is 2.11 bits per heavy atom. The lowest BCUT2D eigenvalue weighted by atomic mass is 10.0. The predicted molar refractivity (Wildman–Crippen MR) is 77.5 cm³/mol. The summed E-state index contributed by atoms with van der Waals surface area (Å²) in [7, 11) is 0. The van der Waals surface area contributed by atoms with E-state index in [4.69, 9.17) is 0 Å². The van der Waals surface area contributed by atoms with Crippen LogP contribution >= 0.6 is 15.9 Å². The Kier molecular flexibility index (Phi) is 4.96. The summed E-state index contributed by atoms with van der Waals surface area (Å²) >= 11 is 3.46. The second-order valence-corrected chi connectivity index (χ2v) is 5.17. The molecule has 0 fully saturated rings. The zero-order valence-electron chi connectivity index (χ0n) is 10.5. The number of H-pyrrole nitrogens is 1. The highest BCUT2D eigenvalue weighted by Gasteiger charge is 2.08. The monoisotopic (exact) mass is 307 g/mol. The van der Waals surface area contributed by atoms with Gasteiger partial charge < -0.3 is 10.3 Å². The van der Waals surface area contributed by atoms with Crippen LogP contribution in [0.5, 0.6) is 0 Å². The molecule has 1 atom stereocenters. The average Bonchev–Trinajstić information content (AvgIpc) is 2.89. The molecule has 0 aliphatic heterocycles. The number of imidazole rings is 1. The zero-order valence-corrected chi connectivity index (χ0v) is 12.1. The molecular weight excluding hydrogens is 290 g/mol. The van der Waals surface area contributed by atoms with Crippen LogP contribution in [0.4, 0.5) is 0 Å². The SMILES string of the molecule is CCC(NCCc1ncc[nH]1)c1ccc(Br)cc1. The molecule has 0 aliphatic carbocycles. The van der Waals surface area contributed by atoms with E-state index in [0.717, 1.165) is 29.7 Å². The largest absolute Gasteiger partial charge is 0.349 e. The van der Waals surface area contributed by atoms with Gasteiger partial charge in [-0.15, -0.1) is 0 Å². The van der Waals surface area contributed by atoms with E-state index in [-0.39, 0.29) is 0 Å². The lowest BCUT2D eigenvalue weighted by Crippen LogP contribution is -2.23. The second-order valence-electron chi connectivity index (χ2n) is 4.25. The molecule has 0 bridgehead atoms. The van der Waals surface area contributed by atoms with Gasteiger partial charge in [-0.1, -0.05) is 35.0 Å². The minimum absolute atomic E-state index is 0.410. The van der Waals surface area contributed by atoms with Crippen molar-refractivity contribution < 1.29 is 0 Å².